The van der Waals surface area contributed by atoms with Crippen molar-refractivity contribution < 1.29 is 14.3 Å². The van der Waals surface area contributed by atoms with Gasteiger partial charge < -0.3 is 15.0 Å². The maximum absolute atomic E-state index is 12.4. The summed E-state index contributed by atoms with van der Waals surface area (Å²) in [5, 5.41) is 3.83. The summed E-state index contributed by atoms with van der Waals surface area (Å²) < 4.78 is 5.14. The molecule has 0 unspecified atom stereocenters. The van der Waals surface area contributed by atoms with Gasteiger partial charge in [0.25, 0.3) is 5.91 Å². The molecule has 1 atom stereocenters. The summed E-state index contributed by atoms with van der Waals surface area (Å²) in [5.74, 6) is -0.726. The lowest BCUT2D eigenvalue weighted by Gasteiger charge is -2.17. The molecule has 5 nitrogen and oxygen atoms in total. The number of esters is 1. The molecule has 0 fully saturated rings. The predicted octanol–water partition coefficient (Wildman–Crippen LogP) is 3.07. The fourth-order valence-corrected chi connectivity index (χ4v) is 2.79. The third-order valence-corrected chi connectivity index (χ3v) is 4.01. The molecule has 0 saturated carbocycles. The van der Waals surface area contributed by atoms with Crippen molar-refractivity contribution in [3.63, 3.8) is 0 Å². The molecule has 2 N–H and O–H groups in total. The van der Waals surface area contributed by atoms with Gasteiger partial charge in [-0.2, -0.15) is 0 Å². The summed E-state index contributed by atoms with van der Waals surface area (Å²) >= 11 is 0. The number of carbonyl (C=O) groups excluding carboxylic acids is 2. The first kappa shape index (κ1) is 16.8. The van der Waals surface area contributed by atoms with E-state index in [9.17, 15) is 9.59 Å². The van der Waals surface area contributed by atoms with Crippen molar-refractivity contribution in [3.8, 4) is 0 Å². The lowest BCUT2D eigenvalue weighted by atomic mass is 10.0. The van der Waals surface area contributed by atoms with E-state index in [-0.39, 0.29) is 12.5 Å². The predicted molar refractivity (Wildman–Crippen MR) is 96.3 cm³/mol. The van der Waals surface area contributed by atoms with Crippen LogP contribution >= 0.6 is 0 Å². The van der Waals surface area contributed by atoms with Crippen LogP contribution in [0.15, 0.2) is 60.8 Å². The van der Waals surface area contributed by atoms with E-state index in [0.29, 0.717) is 12.0 Å². The standard InChI is InChI=1S/C20H20N2O3/c1-2-25-20(24)18(22-19(23)14-8-4-3-5-9-14)12-15-13-21-17-11-7-6-10-16(15)17/h3-11,13,18,21H,2,12H2,1H3,(H,22,23)/t18-/m1/s1. The number of aromatic nitrogens is 1. The second kappa shape index (κ2) is 7.66. The molecule has 25 heavy (non-hydrogen) atoms. The lowest BCUT2D eigenvalue weighted by Crippen LogP contribution is -2.43. The lowest BCUT2D eigenvalue weighted by molar-refractivity contribution is -0.145. The quantitative estimate of drug-likeness (QED) is 0.680. The minimum atomic E-state index is -0.744. The summed E-state index contributed by atoms with van der Waals surface area (Å²) in [7, 11) is 0. The Labute approximate surface area is 146 Å². The number of fused-ring (bicyclic) bond motifs is 1. The van der Waals surface area contributed by atoms with Gasteiger partial charge in [0.15, 0.2) is 0 Å². The first-order chi connectivity index (χ1) is 12.2. The van der Waals surface area contributed by atoms with Gasteiger partial charge >= 0.3 is 5.97 Å². The first-order valence-corrected chi connectivity index (χ1v) is 8.26. The van der Waals surface area contributed by atoms with E-state index in [1.165, 1.54) is 0 Å². The number of rotatable bonds is 6. The van der Waals surface area contributed by atoms with Gasteiger partial charge in [0.05, 0.1) is 6.61 Å². The topological polar surface area (TPSA) is 71.2 Å². The zero-order valence-electron chi connectivity index (χ0n) is 14.0. The molecule has 5 heteroatoms. The first-order valence-electron chi connectivity index (χ1n) is 8.26. The summed E-state index contributed by atoms with van der Waals surface area (Å²) in [6.45, 7) is 2.02. The Bertz CT molecular complexity index is 871. The highest BCUT2D eigenvalue weighted by atomic mass is 16.5. The van der Waals surface area contributed by atoms with Crippen molar-refractivity contribution in [2.24, 2.45) is 0 Å². The molecule has 2 aromatic carbocycles. The monoisotopic (exact) mass is 336 g/mol. The number of benzene rings is 2. The molecule has 0 aliphatic rings. The molecule has 0 saturated heterocycles. The van der Waals surface area contributed by atoms with Crippen LogP contribution in [0.25, 0.3) is 10.9 Å². The normalized spacial score (nSPS) is 11.9. The average molecular weight is 336 g/mol. The number of para-hydroxylation sites is 1. The number of aromatic amines is 1. The number of H-pyrrole nitrogens is 1. The van der Waals surface area contributed by atoms with Crippen LogP contribution in [0.1, 0.15) is 22.8 Å². The minimum Gasteiger partial charge on any atom is -0.464 e. The molecule has 3 aromatic rings. The average Bonchev–Trinajstić information content (AvgIpc) is 3.05. The van der Waals surface area contributed by atoms with E-state index in [0.717, 1.165) is 16.5 Å². The van der Waals surface area contributed by atoms with Gasteiger partial charge in [0.1, 0.15) is 6.04 Å². The van der Waals surface area contributed by atoms with Crippen molar-refractivity contribution in [2.45, 2.75) is 19.4 Å². The molecule has 0 aliphatic carbocycles. The Balaban J connectivity index is 1.82. The molecule has 0 aliphatic heterocycles. The van der Waals surface area contributed by atoms with Crippen LogP contribution in [-0.4, -0.2) is 29.5 Å². The molecule has 3 rings (SSSR count). The number of carbonyl (C=O) groups is 2. The largest absolute Gasteiger partial charge is 0.464 e. The summed E-state index contributed by atoms with van der Waals surface area (Å²) in [5.41, 5.74) is 2.47. The highest BCUT2D eigenvalue weighted by Gasteiger charge is 2.24. The molecule has 0 radical (unpaired) electrons. The third kappa shape index (κ3) is 3.88. The van der Waals surface area contributed by atoms with Crippen LogP contribution in [0.4, 0.5) is 0 Å². The summed E-state index contributed by atoms with van der Waals surface area (Å²) in [4.78, 5) is 27.9. The SMILES string of the molecule is CCOC(=O)[C@@H](Cc1c[nH]c2ccccc12)NC(=O)c1ccccc1. The van der Waals surface area contributed by atoms with Gasteiger partial charge in [-0.3, -0.25) is 4.79 Å². The Morgan fingerprint density at radius 2 is 1.80 bits per heavy atom. The van der Waals surface area contributed by atoms with E-state index in [4.69, 9.17) is 4.74 Å². The van der Waals surface area contributed by atoms with Crippen LogP contribution in [-0.2, 0) is 16.0 Å². The van der Waals surface area contributed by atoms with Crippen LogP contribution < -0.4 is 5.32 Å². The second-order valence-electron chi connectivity index (χ2n) is 5.71. The van der Waals surface area contributed by atoms with Gasteiger partial charge in [0, 0.05) is 29.1 Å². The van der Waals surface area contributed by atoms with Crippen LogP contribution in [0.5, 0.6) is 0 Å². The highest BCUT2D eigenvalue weighted by Crippen LogP contribution is 2.19. The van der Waals surface area contributed by atoms with Gasteiger partial charge in [0.2, 0.25) is 0 Å². The van der Waals surface area contributed by atoms with Gasteiger partial charge in [-0.15, -0.1) is 0 Å². The van der Waals surface area contributed by atoms with E-state index >= 15 is 0 Å². The van der Waals surface area contributed by atoms with E-state index < -0.39 is 12.0 Å². The molecular weight excluding hydrogens is 316 g/mol. The van der Waals surface area contributed by atoms with Gasteiger partial charge in [-0.05, 0) is 30.7 Å². The van der Waals surface area contributed by atoms with Crippen molar-refractivity contribution in [2.75, 3.05) is 6.61 Å². The Morgan fingerprint density at radius 1 is 1.08 bits per heavy atom. The maximum atomic E-state index is 12.4. The fourth-order valence-electron chi connectivity index (χ4n) is 2.79. The zero-order valence-corrected chi connectivity index (χ0v) is 14.0. The Hall–Kier alpha value is -3.08. The number of hydrogen-bond acceptors (Lipinski definition) is 3. The molecular formula is C20H20N2O3. The molecule has 1 aromatic heterocycles. The fraction of sp³-hybridized carbons (Fsp3) is 0.200. The smallest absolute Gasteiger partial charge is 0.328 e. The summed E-state index contributed by atoms with van der Waals surface area (Å²) in [6.07, 6.45) is 2.23. The number of amides is 1. The van der Waals surface area contributed by atoms with E-state index in [2.05, 4.69) is 10.3 Å². The number of ether oxygens (including phenoxy) is 1. The zero-order chi connectivity index (χ0) is 17.6. The Kier molecular flexibility index (Phi) is 5.14. The van der Waals surface area contributed by atoms with E-state index in [1.54, 1.807) is 31.2 Å². The Morgan fingerprint density at radius 3 is 2.56 bits per heavy atom. The minimum absolute atomic E-state index is 0.268. The van der Waals surface area contributed by atoms with E-state index in [1.807, 2.05) is 36.5 Å². The number of nitrogens with one attached hydrogen (secondary N) is 2. The maximum Gasteiger partial charge on any atom is 0.328 e. The van der Waals surface area contributed by atoms with Crippen molar-refractivity contribution in [3.05, 3.63) is 71.9 Å². The third-order valence-electron chi connectivity index (χ3n) is 4.01. The summed E-state index contributed by atoms with van der Waals surface area (Å²) in [6, 6.07) is 15.9. The van der Waals surface area contributed by atoms with Gasteiger partial charge in [-0.1, -0.05) is 36.4 Å². The van der Waals surface area contributed by atoms with Gasteiger partial charge in [-0.25, -0.2) is 4.79 Å². The molecule has 0 bridgehead atoms. The van der Waals surface area contributed by atoms with Crippen molar-refractivity contribution >= 4 is 22.8 Å². The van der Waals surface area contributed by atoms with Crippen LogP contribution in [0.2, 0.25) is 0 Å². The molecule has 0 spiro atoms. The van der Waals surface area contributed by atoms with Crippen molar-refractivity contribution in [1.29, 1.82) is 0 Å². The van der Waals surface area contributed by atoms with Crippen LogP contribution in [0.3, 0.4) is 0 Å². The van der Waals surface area contributed by atoms with Crippen LogP contribution in [0, 0.1) is 0 Å². The highest BCUT2D eigenvalue weighted by molar-refractivity contribution is 5.97. The molecule has 128 valence electrons. The second-order valence-corrected chi connectivity index (χ2v) is 5.71. The molecule has 1 amide bonds. The molecule has 1 heterocycles. The van der Waals surface area contributed by atoms with Crippen molar-refractivity contribution in [1.82, 2.24) is 10.3 Å². The number of hydrogen-bond donors (Lipinski definition) is 2.